The number of carbonyl (C=O) groups is 1. The van der Waals surface area contributed by atoms with Crippen LogP contribution in [0.25, 0.3) is 6.08 Å². The molecule has 1 aliphatic heterocycles. The summed E-state index contributed by atoms with van der Waals surface area (Å²) < 4.78 is 17.8. The molecule has 0 N–H and O–H groups in total. The standard InChI is InChI=1S/C44H47ClN4O4/c1-31(2)37-13-15-39(16-14-37)51-25-20-34-8-10-35(11-9-34)29-48-21-23-49(24-22-48)43(50)19-12-36-26-32(3)44(41(45)27-36)53-42-18-17-40(28-46-42)52-30-38-7-5-6-33(4)47-38/h5-19,26-28,31H,20-25,29-30H2,1-4H3. The molecule has 0 saturated carbocycles. The lowest BCUT2D eigenvalue weighted by Crippen LogP contribution is -2.47. The third-order valence-corrected chi connectivity index (χ3v) is 9.52. The van der Waals surface area contributed by atoms with Gasteiger partial charge in [-0.1, -0.05) is 67.9 Å². The summed E-state index contributed by atoms with van der Waals surface area (Å²) in [7, 11) is 0. The third kappa shape index (κ3) is 10.9. The van der Waals surface area contributed by atoms with Crippen molar-refractivity contribution in [2.45, 2.75) is 53.2 Å². The summed E-state index contributed by atoms with van der Waals surface area (Å²) in [6, 6.07) is 30.3. The first kappa shape index (κ1) is 37.6. The number of aryl methyl sites for hydroxylation is 2. The number of amides is 1. The molecule has 274 valence electrons. The minimum absolute atomic E-state index is 0.00845. The van der Waals surface area contributed by atoms with Gasteiger partial charge in [-0.3, -0.25) is 14.7 Å². The fourth-order valence-electron chi connectivity index (χ4n) is 6.14. The number of piperazine rings is 1. The monoisotopic (exact) mass is 730 g/mol. The molecule has 53 heavy (non-hydrogen) atoms. The van der Waals surface area contributed by atoms with Gasteiger partial charge >= 0.3 is 0 Å². The molecule has 5 aromatic rings. The second kappa shape index (κ2) is 18.0. The van der Waals surface area contributed by atoms with E-state index in [4.69, 9.17) is 25.8 Å². The maximum Gasteiger partial charge on any atom is 0.246 e. The second-order valence-electron chi connectivity index (χ2n) is 13.7. The largest absolute Gasteiger partial charge is 0.493 e. The first-order valence-corrected chi connectivity index (χ1v) is 18.6. The van der Waals surface area contributed by atoms with Crippen LogP contribution in [0.5, 0.6) is 23.1 Å². The van der Waals surface area contributed by atoms with Gasteiger partial charge in [0, 0.05) is 57.0 Å². The lowest BCUT2D eigenvalue weighted by Gasteiger charge is -2.34. The summed E-state index contributed by atoms with van der Waals surface area (Å²) in [5.41, 5.74) is 7.30. The van der Waals surface area contributed by atoms with E-state index < -0.39 is 0 Å². The Labute approximate surface area is 318 Å². The lowest BCUT2D eigenvalue weighted by molar-refractivity contribution is -0.127. The number of aromatic nitrogens is 2. The van der Waals surface area contributed by atoms with E-state index in [9.17, 15) is 4.79 Å². The minimum atomic E-state index is -0.00845. The van der Waals surface area contributed by atoms with Gasteiger partial charge in [0.1, 0.15) is 18.1 Å². The van der Waals surface area contributed by atoms with Crippen molar-refractivity contribution in [2.75, 3.05) is 32.8 Å². The number of rotatable bonds is 14. The molecule has 0 unspecified atom stereocenters. The topological polar surface area (TPSA) is 77.0 Å². The summed E-state index contributed by atoms with van der Waals surface area (Å²) >= 11 is 6.63. The number of nitrogens with zero attached hydrogens (tertiary/aromatic N) is 4. The highest BCUT2D eigenvalue weighted by Crippen LogP contribution is 2.34. The predicted molar refractivity (Wildman–Crippen MR) is 211 cm³/mol. The summed E-state index contributed by atoms with van der Waals surface area (Å²) in [5, 5.41) is 0.437. The van der Waals surface area contributed by atoms with Gasteiger partial charge in [-0.05, 0) is 96.1 Å². The highest BCUT2D eigenvalue weighted by Gasteiger charge is 2.20. The van der Waals surface area contributed by atoms with Crippen LogP contribution in [-0.4, -0.2) is 58.5 Å². The summed E-state index contributed by atoms with van der Waals surface area (Å²) in [5.74, 6) is 2.95. The molecule has 1 saturated heterocycles. The van der Waals surface area contributed by atoms with Crippen LogP contribution in [0.3, 0.4) is 0 Å². The second-order valence-corrected chi connectivity index (χ2v) is 14.1. The normalized spacial score (nSPS) is 13.4. The molecule has 1 amide bonds. The minimum Gasteiger partial charge on any atom is -0.493 e. The average molecular weight is 731 g/mol. The summed E-state index contributed by atoms with van der Waals surface area (Å²) in [6.07, 6.45) is 5.90. The first-order chi connectivity index (χ1) is 25.7. The Balaban J connectivity index is 0.923. The van der Waals surface area contributed by atoms with Crippen LogP contribution in [0.2, 0.25) is 5.02 Å². The lowest BCUT2D eigenvalue weighted by atomic mass is 10.0. The molecule has 0 atom stereocenters. The number of pyridine rings is 2. The van der Waals surface area contributed by atoms with Crippen molar-refractivity contribution in [1.82, 2.24) is 19.8 Å². The summed E-state index contributed by atoms with van der Waals surface area (Å²) in [4.78, 5) is 26.2. The van der Waals surface area contributed by atoms with Crippen molar-refractivity contribution in [2.24, 2.45) is 0 Å². The molecule has 1 aliphatic rings. The van der Waals surface area contributed by atoms with Crippen LogP contribution in [0, 0.1) is 13.8 Å². The number of halogens is 1. The molecule has 8 nitrogen and oxygen atoms in total. The zero-order chi connectivity index (χ0) is 37.2. The zero-order valence-electron chi connectivity index (χ0n) is 30.9. The zero-order valence-corrected chi connectivity index (χ0v) is 31.7. The van der Waals surface area contributed by atoms with E-state index in [0.717, 1.165) is 54.3 Å². The van der Waals surface area contributed by atoms with Crippen LogP contribution in [0.15, 0.2) is 103 Å². The van der Waals surface area contributed by atoms with Crippen molar-refractivity contribution < 1.29 is 19.0 Å². The van der Waals surface area contributed by atoms with Gasteiger partial charge in [0.2, 0.25) is 11.8 Å². The Morgan fingerprint density at radius 1 is 0.868 bits per heavy atom. The highest BCUT2D eigenvalue weighted by atomic mass is 35.5. The molecule has 0 bridgehead atoms. The Morgan fingerprint density at radius 3 is 2.28 bits per heavy atom. The molecular formula is C44H47ClN4O4. The number of carbonyl (C=O) groups excluding carboxylic acids is 1. The Morgan fingerprint density at radius 2 is 1.60 bits per heavy atom. The van der Waals surface area contributed by atoms with E-state index in [2.05, 4.69) is 77.2 Å². The number of benzene rings is 3. The Kier molecular flexibility index (Phi) is 12.8. The molecule has 0 spiro atoms. The van der Waals surface area contributed by atoms with Crippen molar-refractivity contribution in [3.05, 3.63) is 147 Å². The predicted octanol–water partition coefficient (Wildman–Crippen LogP) is 9.22. The van der Waals surface area contributed by atoms with Gasteiger partial charge in [0.05, 0.1) is 23.5 Å². The third-order valence-electron chi connectivity index (χ3n) is 9.24. The number of hydrogen-bond donors (Lipinski definition) is 0. The quantitative estimate of drug-likeness (QED) is 0.106. The molecule has 6 rings (SSSR count). The van der Waals surface area contributed by atoms with Gasteiger partial charge < -0.3 is 19.1 Å². The molecule has 0 radical (unpaired) electrons. The van der Waals surface area contributed by atoms with Gasteiger partial charge in [-0.2, -0.15) is 0 Å². The fourth-order valence-corrected chi connectivity index (χ4v) is 6.46. The van der Waals surface area contributed by atoms with Gasteiger partial charge in [0.25, 0.3) is 0 Å². The van der Waals surface area contributed by atoms with E-state index in [1.807, 2.05) is 43.0 Å². The van der Waals surface area contributed by atoms with Crippen LogP contribution in [0.1, 0.15) is 59.0 Å². The highest BCUT2D eigenvalue weighted by molar-refractivity contribution is 6.32. The van der Waals surface area contributed by atoms with E-state index >= 15 is 0 Å². The fraction of sp³-hybridized carbons (Fsp3) is 0.295. The van der Waals surface area contributed by atoms with Gasteiger partial charge in [-0.25, -0.2) is 4.98 Å². The van der Waals surface area contributed by atoms with Crippen LogP contribution >= 0.6 is 11.6 Å². The number of hydrogen-bond acceptors (Lipinski definition) is 7. The van der Waals surface area contributed by atoms with Crippen molar-refractivity contribution >= 4 is 23.6 Å². The SMILES string of the molecule is Cc1cccc(COc2ccc(Oc3c(C)cc(C=CC(=O)N4CCN(Cc5ccc(CCOc6ccc(C(C)C)cc6)cc5)CC4)cc3Cl)nc2)n1. The van der Waals surface area contributed by atoms with Crippen LogP contribution in [-0.2, 0) is 24.4 Å². The molecule has 2 aromatic heterocycles. The van der Waals surface area contributed by atoms with Gasteiger partial charge in [-0.15, -0.1) is 0 Å². The van der Waals surface area contributed by atoms with Crippen molar-refractivity contribution in [3.63, 3.8) is 0 Å². The maximum absolute atomic E-state index is 13.1. The molecule has 1 fully saturated rings. The molecule has 0 aliphatic carbocycles. The maximum atomic E-state index is 13.1. The van der Waals surface area contributed by atoms with Gasteiger partial charge in [0.15, 0.2) is 5.75 Å². The molecular weight excluding hydrogens is 684 g/mol. The van der Waals surface area contributed by atoms with Crippen LogP contribution < -0.4 is 14.2 Å². The van der Waals surface area contributed by atoms with Crippen molar-refractivity contribution in [1.29, 1.82) is 0 Å². The Bertz CT molecular complexity index is 1970. The molecule has 3 aromatic carbocycles. The van der Waals surface area contributed by atoms with E-state index in [1.165, 1.54) is 16.7 Å². The Hall–Kier alpha value is -5.18. The van der Waals surface area contributed by atoms with E-state index in [0.29, 0.717) is 54.6 Å². The molecule has 3 heterocycles. The van der Waals surface area contributed by atoms with Crippen molar-refractivity contribution in [3.8, 4) is 23.1 Å². The number of ether oxygens (including phenoxy) is 3. The van der Waals surface area contributed by atoms with Crippen LogP contribution in [0.4, 0.5) is 0 Å². The summed E-state index contributed by atoms with van der Waals surface area (Å²) in [6.45, 7) is 13.1. The molecule has 9 heteroatoms. The van der Waals surface area contributed by atoms with E-state index in [1.54, 1.807) is 36.5 Å². The first-order valence-electron chi connectivity index (χ1n) is 18.2. The smallest absolute Gasteiger partial charge is 0.246 e. The average Bonchev–Trinajstić information content (AvgIpc) is 3.16. The van der Waals surface area contributed by atoms with E-state index in [-0.39, 0.29) is 5.91 Å².